The van der Waals surface area contributed by atoms with Crippen LogP contribution in [0.5, 0.6) is 5.75 Å². The fraction of sp³-hybridized carbons (Fsp3) is 0.485. The second-order valence-corrected chi connectivity index (χ2v) is 26.6. The molecule has 30 heteroatoms. The number of aromatic amines is 2. The van der Waals surface area contributed by atoms with Gasteiger partial charge >= 0.3 is 5.97 Å². The highest BCUT2D eigenvalue weighted by molar-refractivity contribution is 7.98. The van der Waals surface area contributed by atoms with Gasteiger partial charge in [-0.1, -0.05) is 68.5 Å². The van der Waals surface area contributed by atoms with E-state index < -0.39 is 132 Å². The lowest BCUT2D eigenvalue weighted by molar-refractivity contribution is -0.143. The molecule has 2 aliphatic heterocycles. The van der Waals surface area contributed by atoms with Gasteiger partial charge in [-0.25, -0.2) is 9.37 Å². The van der Waals surface area contributed by atoms with Crippen molar-refractivity contribution in [2.45, 2.75) is 163 Å². The number of rotatable bonds is 15. The standard InChI is InChI=1S/C66H85FN14O13S2/c67-43-16-19-47-46(28-43)42(31-71-47)27-50-62(90)78-52(30-58(85)86)64(92)77-51(29-44-32-70-37-73-44)63(91)79-53(26-39-14-17-45(82)18-15-39)66(94)81-22-7-13-55(81)65(93)80-54(59(69)87)36-96-35-41-11-6-10-40(24-41)34-95-23-20-56(83)74-48(12-4-5-21-68)60(88)72-33-57(84)75-49(61(89)76-50)25-38-8-2-1-3-9-38/h6,10-11,14-19,24,28,31-32,37-38,48-55,71,82H,1-5,7-9,12-13,20-23,25-27,29-30,33-36,68H2,(H2,69,87)(H,70,73)(H,72,88)(H,74,83)(H,75,84)(H,76,89)(H,77,92)(H,78,90)(H,79,91)(H,80,93)(H,85,86)/t48-,49-,50-,51-,52-,53-,54-,55-/m0/s1. The quantitative estimate of drug-likeness (QED) is 0.0666. The van der Waals surface area contributed by atoms with Crippen LogP contribution >= 0.6 is 23.5 Å². The van der Waals surface area contributed by atoms with Gasteiger partial charge in [0, 0.05) is 78.5 Å². The number of H-pyrrole nitrogens is 2. The highest BCUT2D eigenvalue weighted by Gasteiger charge is 2.41. The third kappa shape index (κ3) is 22.0. The molecule has 2 bridgehead atoms. The van der Waals surface area contributed by atoms with Crippen molar-refractivity contribution in [2.75, 3.05) is 31.1 Å². The maximum Gasteiger partial charge on any atom is 0.305 e. The zero-order valence-corrected chi connectivity index (χ0v) is 54.8. The number of nitrogens with one attached hydrogen (secondary N) is 10. The van der Waals surface area contributed by atoms with E-state index in [2.05, 4.69) is 57.5 Å². The van der Waals surface area contributed by atoms with E-state index in [1.807, 2.05) is 24.3 Å². The summed E-state index contributed by atoms with van der Waals surface area (Å²) >= 11 is 2.83. The van der Waals surface area contributed by atoms with E-state index in [0.29, 0.717) is 77.9 Å². The molecule has 5 aromatic rings. The molecule has 96 heavy (non-hydrogen) atoms. The number of hydrogen-bond donors (Lipinski definition) is 14. The highest BCUT2D eigenvalue weighted by atomic mass is 32.2. The second kappa shape index (κ2) is 36.2. The molecule has 0 spiro atoms. The van der Waals surface area contributed by atoms with Gasteiger partial charge in [0.15, 0.2) is 0 Å². The number of fused-ring (bicyclic) bond motifs is 4. The molecule has 8 atom stereocenters. The molecule has 516 valence electrons. The summed E-state index contributed by atoms with van der Waals surface area (Å²) in [5, 5.41) is 42.1. The van der Waals surface area contributed by atoms with E-state index in [1.54, 1.807) is 0 Å². The Hall–Kier alpha value is -9.03. The van der Waals surface area contributed by atoms with Crippen molar-refractivity contribution in [2.24, 2.45) is 17.4 Å². The predicted molar refractivity (Wildman–Crippen MR) is 356 cm³/mol. The zero-order valence-electron chi connectivity index (χ0n) is 53.2. The minimum absolute atomic E-state index is 0.0555. The predicted octanol–water partition coefficient (Wildman–Crippen LogP) is 1.89. The molecule has 27 nitrogen and oxygen atoms in total. The molecule has 0 radical (unpaired) electrons. The third-order valence-corrected chi connectivity index (χ3v) is 19.3. The Labute approximate surface area is 562 Å². The molecule has 1 saturated heterocycles. The normalized spacial score (nSPS) is 23.6. The molecule has 8 rings (SSSR count). The van der Waals surface area contributed by atoms with Gasteiger partial charge in [0.25, 0.3) is 0 Å². The summed E-state index contributed by atoms with van der Waals surface area (Å²) in [7, 11) is 0. The molecule has 3 aliphatic rings. The van der Waals surface area contributed by atoms with Gasteiger partial charge in [-0.05, 0) is 104 Å². The number of carboxylic acid groups (broad SMARTS) is 1. The number of imidazole rings is 1. The van der Waals surface area contributed by atoms with Crippen molar-refractivity contribution >= 4 is 99.5 Å². The van der Waals surface area contributed by atoms with E-state index in [1.165, 1.54) is 89.6 Å². The number of amides is 10. The molecule has 4 heterocycles. The van der Waals surface area contributed by atoms with Crippen LogP contribution in [0.3, 0.4) is 0 Å². The zero-order chi connectivity index (χ0) is 68.7. The molecule has 10 amide bonds. The topological polar surface area (TPSA) is 424 Å². The number of aromatic nitrogens is 3. The summed E-state index contributed by atoms with van der Waals surface area (Å²) in [6.45, 7) is -0.220. The number of unbranched alkanes of at least 4 members (excludes halogenated alkanes) is 1. The lowest BCUT2D eigenvalue weighted by Gasteiger charge is -2.31. The van der Waals surface area contributed by atoms with E-state index in [0.717, 1.165) is 30.4 Å². The largest absolute Gasteiger partial charge is 0.508 e. The van der Waals surface area contributed by atoms with Crippen molar-refractivity contribution in [3.05, 3.63) is 119 Å². The minimum Gasteiger partial charge on any atom is -0.508 e. The summed E-state index contributed by atoms with van der Waals surface area (Å²) in [5.41, 5.74) is 15.0. The number of aliphatic carboxylic acids is 1. The van der Waals surface area contributed by atoms with Gasteiger partial charge < -0.3 is 79.1 Å². The number of benzene rings is 3. The number of hydrogen-bond acceptors (Lipinski definition) is 16. The van der Waals surface area contributed by atoms with Gasteiger partial charge in [0.1, 0.15) is 59.9 Å². The Kier molecular flexibility index (Phi) is 27.4. The number of carbonyl (C=O) groups excluding carboxylic acids is 10. The van der Waals surface area contributed by atoms with Crippen LogP contribution in [0, 0.1) is 11.7 Å². The maximum atomic E-state index is 15.0. The number of carbonyl (C=O) groups is 11. The second-order valence-electron chi connectivity index (χ2n) is 24.5. The summed E-state index contributed by atoms with van der Waals surface area (Å²) in [6.07, 6.45) is 8.23. The summed E-state index contributed by atoms with van der Waals surface area (Å²) in [5.74, 6) is -9.11. The van der Waals surface area contributed by atoms with Crippen LogP contribution < -0.4 is 54.0 Å². The van der Waals surface area contributed by atoms with Gasteiger partial charge in [0.05, 0.1) is 25.0 Å². The monoisotopic (exact) mass is 1360 g/mol. The van der Waals surface area contributed by atoms with Crippen molar-refractivity contribution in [1.29, 1.82) is 0 Å². The summed E-state index contributed by atoms with van der Waals surface area (Å²) in [4.78, 5) is 167. The van der Waals surface area contributed by atoms with Crippen LogP contribution in [0.25, 0.3) is 10.9 Å². The van der Waals surface area contributed by atoms with Gasteiger partial charge in [-0.15, -0.1) is 0 Å². The maximum absolute atomic E-state index is 15.0. The van der Waals surface area contributed by atoms with Crippen LogP contribution in [-0.2, 0) is 83.5 Å². The first-order valence-corrected chi connectivity index (χ1v) is 34.6. The number of halogens is 1. The average molecular weight is 1370 g/mol. The molecule has 3 aromatic carbocycles. The average Bonchev–Trinajstić information content (AvgIpc) is 1.77. The van der Waals surface area contributed by atoms with Crippen molar-refractivity contribution < 1.29 is 67.3 Å². The van der Waals surface area contributed by atoms with Crippen LogP contribution in [0.4, 0.5) is 4.39 Å². The van der Waals surface area contributed by atoms with Crippen LogP contribution in [0.15, 0.2) is 85.5 Å². The third-order valence-electron chi connectivity index (χ3n) is 17.1. The first-order valence-electron chi connectivity index (χ1n) is 32.3. The molecule has 16 N–H and O–H groups in total. The van der Waals surface area contributed by atoms with Crippen LogP contribution in [0.2, 0.25) is 0 Å². The molecular formula is C66H85FN14O13S2. The van der Waals surface area contributed by atoms with Crippen molar-refractivity contribution in [3.63, 3.8) is 0 Å². The van der Waals surface area contributed by atoms with Gasteiger partial charge in [-0.3, -0.25) is 52.7 Å². The Morgan fingerprint density at radius 1 is 0.667 bits per heavy atom. The Bertz CT molecular complexity index is 3540. The number of nitrogens with two attached hydrogens (primary N) is 2. The summed E-state index contributed by atoms with van der Waals surface area (Å²) in [6, 6.07) is 6.00. The molecule has 1 aliphatic carbocycles. The smallest absolute Gasteiger partial charge is 0.305 e. The number of phenols is 1. The minimum atomic E-state index is -1.97. The molecule has 2 aromatic heterocycles. The first-order chi connectivity index (χ1) is 46.2. The molecule has 0 unspecified atom stereocenters. The number of aromatic hydroxyl groups is 1. The van der Waals surface area contributed by atoms with Gasteiger partial charge in [-0.2, -0.15) is 23.5 Å². The number of thioether (sulfide) groups is 2. The van der Waals surface area contributed by atoms with E-state index in [4.69, 9.17) is 11.5 Å². The van der Waals surface area contributed by atoms with Crippen LogP contribution in [-0.4, -0.2) is 175 Å². The first kappa shape index (κ1) is 72.8. The fourth-order valence-electron chi connectivity index (χ4n) is 12.1. The lowest BCUT2D eigenvalue weighted by atomic mass is 9.84. The van der Waals surface area contributed by atoms with E-state index in [9.17, 15) is 67.3 Å². The number of primary amides is 1. The Morgan fingerprint density at radius 2 is 1.34 bits per heavy atom. The SMILES string of the molecule is NCCCC[C@@H]1NC(=O)CCSCc2cccc(c2)CSC[C@@H](C(N)=O)NC(=O)[C@@H]2CCCN2C(=O)[C@H](Cc2ccc(O)cc2)NC(=O)[C@H](Cc2c[nH]cn2)NC(=O)[C@H](CC(=O)O)NC(=O)[C@H](Cc2c[nH]c3ccc(F)cc23)NC(=O)[C@H](CC2CCCCC2)NC(=O)CNC1=O. The molecular weight excluding hydrogens is 1280 g/mol. The fourth-order valence-corrected chi connectivity index (χ4v) is 14.0. The molecule has 2 fully saturated rings. The van der Waals surface area contributed by atoms with Crippen molar-refractivity contribution in [3.8, 4) is 5.75 Å². The number of carboxylic acids is 1. The van der Waals surface area contributed by atoms with Crippen molar-refractivity contribution in [1.82, 2.24) is 62.4 Å². The summed E-state index contributed by atoms with van der Waals surface area (Å²) < 4.78 is 14.9. The van der Waals surface area contributed by atoms with Gasteiger partial charge in [0.2, 0.25) is 59.1 Å². The number of phenolic OH excluding ortho intramolecular Hbond substituents is 1. The van der Waals surface area contributed by atoms with E-state index in [-0.39, 0.29) is 74.6 Å². The molecule has 1 saturated carbocycles. The highest BCUT2D eigenvalue weighted by Crippen LogP contribution is 2.29. The van der Waals surface area contributed by atoms with Crippen LogP contribution in [0.1, 0.15) is 111 Å². The Balaban J connectivity index is 1.11. The lowest BCUT2D eigenvalue weighted by Crippen LogP contribution is -2.61. The number of nitrogens with zero attached hydrogens (tertiary/aromatic N) is 2. The van der Waals surface area contributed by atoms with E-state index >= 15 is 0 Å². The Morgan fingerprint density at radius 3 is 2.04 bits per heavy atom.